The van der Waals surface area contributed by atoms with Crippen molar-refractivity contribution in [2.24, 2.45) is 0 Å². The first-order valence-corrected chi connectivity index (χ1v) is 6.16. The van der Waals surface area contributed by atoms with Gasteiger partial charge in [0.25, 0.3) is 0 Å². The van der Waals surface area contributed by atoms with Gasteiger partial charge in [0.1, 0.15) is 5.82 Å². The van der Waals surface area contributed by atoms with Crippen LogP contribution in [0.1, 0.15) is 24.2 Å². The molecule has 0 fully saturated rings. The highest BCUT2D eigenvalue weighted by Crippen LogP contribution is 2.29. The van der Waals surface area contributed by atoms with E-state index in [1.54, 1.807) is 36.4 Å². The molecule has 19 heavy (non-hydrogen) atoms. The van der Waals surface area contributed by atoms with Crippen molar-refractivity contribution in [3.8, 4) is 0 Å². The predicted octanol–water partition coefficient (Wildman–Crippen LogP) is 2.91. The minimum atomic E-state index is -0.703. The molecule has 0 amide bonds. The van der Waals surface area contributed by atoms with E-state index in [0.29, 0.717) is 17.8 Å². The summed E-state index contributed by atoms with van der Waals surface area (Å²) >= 11 is 0. The summed E-state index contributed by atoms with van der Waals surface area (Å²) in [4.78, 5) is 5.75. The highest BCUT2D eigenvalue weighted by molar-refractivity contribution is 5.55. The molecule has 0 aliphatic carbocycles. The Morgan fingerprint density at radius 3 is 2.58 bits per heavy atom. The summed E-state index contributed by atoms with van der Waals surface area (Å²) in [6, 6.07) is 8.54. The molecule has 3 nitrogen and oxygen atoms in total. The zero-order valence-corrected chi connectivity index (χ0v) is 11.0. The first-order chi connectivity index (χ1) is 9.09. The molecule has 1 aromatic carbocycles. The molecule has 0 aliphatic heterocycles. The molecule has 4 heteroatoms. The lowest BCUT2D eigenvalue weighted by atomic mass is 10.1. The van der Waals surface area contributed by atoms with Gasteiger partial charge in [-0.3, -0.25) is 4.98 Å². The van der Waals surface area contributed by atoms with Gasteiger partial charge in [0.2, 0.25) is 0 Å². The molecule has 0 spiro atoms. The van der Waals surface area contributed by atoms with E-state index >= 15 is 0 Å². The Kier molecular flexibility index (Phi) is 4.12. The van der Waals surface area contributed by atoms with Gasteiger partial charge in [-0.05, 0) is 30.7 Å². The first-order valence-electron chi connectivity index (χ1n) is 6.16. The highest BCUT2D eigenvalue weighted by atomic mass is 19.1. The maximum absolute atomic E-state index is 14.0. The van der Waals surface area contributed by atoms with Crippen molar-refractivity contribution in [2.75, 3.05) is 11.9 Å². The number of hydrogen-bond acceptors (Lipinski definition) is 3. The summed E-state index contributed by atoms with van der Waals surface area (Å²) in [5.74, 6) is -0.324. The van der Waals surface area contributed by atoms with Crippen LogP contribution in [0.15, 0.2) is 42.7 Å². The maximum atomic E-state index is 14.0. The summed E-state index contributed by atoms with van der Waals surface area (Å²) in [7, 11) is 1.81. The van der Waals surface area contributed by atoms with Gasteiger partial charge >= 0.3 is 0 Å². The van der Waals surface area contributed by atoms with Gasteiger partial charge < -0.3 is 10.0 Å². The van der Waals surface area contributed by atoms with Gasteiger partial charge in [-0.15, -0.1) is 0 Å². The Hall–Kier alpha value is -1.94. The maximum Gasteiger partial charge on any atom is 0.146 e. The van der Waals surface area contributed by atoms with Crippen molar-refractivity contribution in [1.29, 1.82) is 0 Å². The van der Waals surface area contributed by atoms with Crippen molar-refractivity contribution in [2.45, 2.75) is 19.6 Å². The Morgan fingerprint density at radius 2 is 1.95 bits per heavy atom. The number of pyridine rings is 1. The van der Waals surface area contributed by atoms with Gasteiger partial charge in [-0.1, -0.05) is 12.1 Å². The van der Waals surface area contributed by atoms with E-state index in [1.165, 1.54) is 6.07 Å². The van der Waals surface area contributed by atoms with Crippen LogP contribution in [0.2, 0.25) is 0 Å². The van der Waals surface area contributed by atoms with Gasteiger partial charge in [-0.2, -0.15) is 0 Å². The number of para-hydroxylation sites is 1. The Morgan fingerprint density at radius 1 is 1.26 bits per heavy atom. The molecule has 0 radical (unpaired) electrons. The van der Waals surface area contributed by atoms with E-state index in [2.05, 4.69) is 4.98 Å². The quantitative estimate of drug-likeness (QED) is 0.918. The Bertz CT molecular complexity index is 543. The van der Waals surface area contributed by atoms with Gasteiger partial charge in [0.05, 0.1) is 11.8 Å². The summed E-state index contributed by atoms with van der Waals surface area (Å²) in [6.45, 7) is 2.20. The lowest BCUT2D eigenvalue weighted by Gasteiger charge is -2.24. The minimum Gasteiger partial charge on any atom is -0.389 e. The van der Waals surface area contributed by atoms with E-state index in [9.17, 15) is 9.50 Å². The molecule has 0 saturated carbocycles. The Labute approximate surface area is 112 Å². The molecule has 1 atom stereocenters. The predicted molar refractivity (Wildman–Crippen MR) is 73.4 cm³/mol. The zero-order chi connectivity index (χ0) is 13.8. The van der Waals surface area contributed by atoms with Crippen molar-refractivity contribution < 1.29 is 9.50 Å². The Balaban J connectivity index is 2.31. The molecule has 100 valence electrons. The molecule has 0 saturated heterocycles. The van der Waals surface area contributed by atoms with Crippen LogP contribution >= 0.6 is 0 Å². The van der Waals surface area contributed by atoms with Crippen molar-refractivity contribution >= 4 is 5.69 Å². The molecule has 1 N–H and O–H groups in total. The average molecular weight is 260 g/mol. The van der Waals surface area contributed by atoms with Crippen molar-refractivity contribution in [3.05, 3.63) is 59.7 Å². The monoisotopic (exact) mass is 260 g/mol. The second-order valence-electron chi connectivity index (χ2n) is 4.57. The standard InChI is InChI=1S/C15H17FN2O/c1-11(19)13-4-3-5-14(16)15(13)18(2)10-12-6-8-17-9-7-12/h3-9,11,19H,10H2,1-2H3/t11-/m1/s1. The lowest BCUT2D eigenvalue weighted by molar-refractivity contribution is 0.199. The third-order valence-corrected chi connectivity index (χ3v) is 3.02. The van der Waals surface area contributed by atoms with E-state index in [-0.39, 0.29) is 5.82 Å². The molecular formula is C15H17FN2O. The number of benzene rings is 1. The number of hydrogen-bond donors (Lipinski definition) is 1. The minimum absolute atomic E-state index is 0.324. The fraction of sp³-hybridized carbons (Fsp3) is 0.267. The SMILES string of the molecule is C[C@@H](O)c1cccc(F)c1N(C)Cc1ccncc1. The van der Waals surface area contributed by atoms with Crippen LogP contribution in [-0.4, -0.2) is 17.1 Å². The summed E-state index contributed by atoms with van der Waals surface area (Å²) in [5.41, 5.74) is 2.07. The summed E-state index contributed by atoms with van der Waals surface area (Å²) in [6.07, 6.45) is 2.71. The van der Waals surface area contributed by atoms with Crippen LogP contribution < -0.4 is 4.90 Å². The smallest absolute Gasteiger partial charge is 0.146 e. The molecule has 0 unspecified atom stereocenters. The number of anilines is 1. The van der Waals surface area contributed by atoms with Crippen LogP contribution in [0.5, 0.6) is 0 Å². The largest absolute Gasteiger partial charge is 0.389 e. The third-order valence-electron chi connectivity index (χ3n) is 3.02. The molecule has 1 heterocycles. The third kappa shape index (κ3) is 3.09. The summed E-state index contributed by atoms with van der Waals surface area (Å²) in [5, 5.41) is 9.74. The zero-order valence-electron chi connectivity index (χ0n) is 11.0. The number of aliphatic hydroxyl groups excluding tert-OH is 1. The first kappa shape index (κ1) is 13.5. The van der Waals surface area contributed by atoms with E-state index in [4.69, 9.17) is 0 Å². The lowest BCUT2D eigenvalue weighted by Crippen LogP contribution is -2.20. The van der Waals surface area contributed by atoms with Crippen LogP contribution in [0.25, 0.3) is 0 Å². The van der Waals surface area contributed by atoms with Crippen LogP contribution in [0.3, 0.4) is 0 Å². The van der Waals surface area contributed by atoms with E-state index in [1.807, 2.05) is 19.2 Å². The normalized spacial score (nSPS) is 12.2. The van der Waals surface area contributed by atoms with E-state index in [0.717, 1.165) is 5.56 Å². The van der Waals surface area contributed by atoms with Crippen molar-refractivity contribution in [1.82, 2.24) is 4.98 Å². The van der Waals surface area contributed by atoms with Gasteiger partial charge in [0.15, 0.2) is 0 Å². The molecule has 0 aliphatic rings. The second kappa shape index (κ2) is 5.80. The molecule has 1 aromatic heterocycles. The van der Waals surface area contributed by atoms with Gasteiger partial charge in [-0.25, -0.2) is 4.39 Å². The van der Waals surface area contributed by atoms with Gasteiger partial charge in [0, 0.05) is 31.5 Å². The molecule has 2 rings (SSSR count). The van der Waals surface area contributed by atoms with E-state index < -0.39 is 6.10 Å². The van der Waals surface area contributed by atoms with Crippen LogP contribution in [-0.2, 0) is 6.54 Å². The fourth-order valence-electron chi connectivity index (χ4n) is 2.11. The molecular weight excluding hydrogens is 243 g/mol. The average Bonchev–Trinajstić information content (AvgIpc) is 2.39. The fourth-order valence-corrected chi connectivity index (χ4v) is 2.11. The topological polar surface area (TPSA) is 36.4 Å². The van der Waals surface area contributed by atoms with Crippen molar-refractivity contribution in [3.63, 3.8) is 0 Å². The number of rotatable bonds is 4. The highest BCUT2D eigenvalue weighted by Gasteiger charge is 2.16. The second-order valence-corrected chi connectivity index (χ2v) is 4.57. The number of aromatic nitrogens is 1. The molecule has 2 aromatic rings. The van der Waals surface area contributed by atoms with Crippen LogP contribution in [0.4, 0.5) is 10.1 Å². The molecule has 0 bridgehead atoms. The van der Waals surface area contributed by atoms with Crippen LogP contribution in [0, 0.1) is 5.82 Å². The summed E-state index contributed by atoms with van der Waals surface area (Å²) < 4.78 is 14.0. The number of aliphatic hydroxyl groups is 1. The number of nitrogens with zero attached hydrogens (tertiary/aromatic N) is 2. The number of halogens is 1.